The third kappa shape index (κ3) is 4.96. The summed E-state index contributed by atoms with van der Waals surface area (Å²) in [5, 5.41) is 3.00. The van der Waals surface area contributed by atoms with Crippen LogP contribution in [0.1, 0.15) is 36.0 Å². The van der Waals surface area contributed by atoms with Gasteiger partial charge < -0.3 is 15.1 Å². The molecule has 1 aromatic carbocycles. The van der Waals surface area contributed by atoms with Gasteiger partial charge >= 0.3 is 6.18 Å². The first-order valence-electron chi connectivity index (χ1n) is 11.1. The van der Waals surface area contributed by atoms with Crippen LogP contribution in [0.25, 0.3) is 0 Å². The van der Waals surface area contributed by atoms with E-state index in [0.717, 1.165) is 29.1 Å². The molecule has 2 amide bonds. The first-order valence-corrected chi connectivity index (χ1v) is 11.1. The third-order valence-corrected chi connectivity index (χ3v) is 6.56. The highest BCUT2D eigenvalue weighted by atomic mass is 19.4. The van der Waals surface area contributed by atoms with E-state index in [0.29, 0.717) is 44.7 Å². The van der Waals surface area contributed by atoms with Crippen molar-refractivity contribution in [1.29, 1.82) is 0 Å². The molecule has 0 bridgehead atoms. The van der Waals surface area contributed by atoms with Gasteiger partial charge in [0, 0.05) is 37.6 Å². The van der Waals surface area contributed by atoms with Crippen molar-refractivity contribution in [2.24, 2.45) is 5.92 Å². The van der Waals surface area contributed by atoms with Crippen LogP contribution < -0.4 is 15.1 Å². The summed E-state index contributed by atoms with van der Waals surface area (Å²) < 4.78 is 38.2. The van der Waals surface area contributed by atoms with Crippen molar-refractivity contribution in [1.82, 2.24) is 10.3 Å². The smallest absolute Gasteiger partial charge is 0.356 e. The molecular weight excluding hydrogens is 433 g/mol. The fourth-order valence-electron chi connectivity index (χ4n) is 4.37. The van der Waals surface area contributed by atoms with Crippen LogP contribution in [0.3, 0.4) is 0 Å². The molecule has 1 atom stereocenters. The van der Waals surface area contributed by atoms with E-state index in [1.165, 1.54) is 6.07 Å². The number of halogens is 3. The summed E-state index contributed by atoms with van der Waals surface area (Å²) in [7, 11) is 0. The van der Waals surface area contributed by atoms with Gasteiger partial charge in [-0.05, 0) is 68.5 Å². The van der Waals surface area contributed by atoms with E-state index in [9.17, 15) is 22.8 Å². The van der Waals surface area contributed by atoms with Gasteiger partial charge in [0.25, 0.3) is 0 Å². The molecule has 2 aliphatic heterocycles. The van der Waals surface area contributed by atoms with Gasteiger partial charge in [-0.2, -0.15) is 13.2 Å². The number of amides is 2. The minimum Gasteiger partial charge on any atom is -0.356 e. The van der Waals surface area contributed by atoms with Crippen LogP contribution in [0.5, 0.6) is 0 Å². The number of alkyl halides is 3. The second-order valence-electron chi connectivity index (χ2n) is 8.77. The summed E-state index contributed by atoms with van der Waals surface area (Å²) in [6.07, 6.45) is -1.82. The highest BCUT2D eigenvalue weighted by Gasteiger charge is 2.38. The van der Waals surface area contributed by atoms with Gasteiger partial charge in [0.15, 0.2) is 0 Å². The second-order valence-corrected chi connectivity index (χ2v) is 8.77. The molecule has 0 aliphatic carbocycles. The molecule has 2 saturated heterocycles. The number of rotatable bonds is 4. The Morgan fingerprint density at radius 3 is 2.36 bits per heavy atom. The fourth-order valence-corrected chi connectivity index (χ4v) is 4.37. The number of carbonyl (C=O) groups is 2. The lowest BCUT2D eigenvalue weighted by molar-refractivity contribution is -0.138. The number of piperidine rings is 1. The first-order chi connectivity index (χ1) is 15.6. The van der Waals surface area contributed by atoms with E-state index in [1.54, 1.807) is 4.90 Å². The lowest BCUT2D eigenvalue weighted by Crippen LogP contribution is -2.47. The number of pyridine rings is 1. The van der Waals surface area contributed by atoms with Crippen molar-refractivity contribution < 1.29 is 22.8 Å². The van der Waals surface area contributed by atoms with Gasteiger partial charge in [0.05, 0.1) is 5.56 Å². The molecule has 0 radical (unpaired) electrons. The number of anilines is 2. The normalized spacial score (nSPS) is 19.8. The van der Waals surface area contributed by atoms with Crippen molar-refractivity contribution in [3.63, 3.8) is 0 Å². The summed E-state index contributed by atoms with van der Waals surface area (Å²) in [6, 6.07) is 8.18. The molecule has 2 aromatic rings. The van der Waals surface area contributed by atoms with E-state index in [-0.39, 0.29) is 17.9 Å². The standard InChI is InChI=1S/C24H27F3N4O2/c1-15-3-5-19(13-16(15)2)31-12-9-20(23(31)33)22(32)29-18-7-10-30(11-8-18)21-6-4-17(14-28-21)24(25,26)27/h3-6,13-14,18,20H,7-12H2,1-2H3,(H,29,32). The lowest BCUT2D eigenvalue weighted by Gasteiger charge is -2.33. The maximum atomic E-state index is 12.9. The molecule has 2 fully saturated rings. The molecular formula is C24H27F3N4O2. The van der Waals surface area contributed by atoms with Crippen molar-refractivity contribution >= 4 is 23.3 Å². The monoisotopic (exact) mass is 460 g/mol. The second kappa shape index (κ2) is 9.03. The van der Waals surface area contributed by atoms with Gasteiger partial charge in [-0.1, -0.05) is 6.07 Å². The van der Waals surface area contributed by atoms with Gasteiger partial charge in [0.2, 0.25) is 11.8 Å². The SMILES string of the molecule is Cc1ccc(N2CCC(C(=O)NC3CCN(c4ccc(C(F)(F)F)cn4)CC3)C2=O)cc1C. The number of aryl methyl sites for hydroxylation is 2. The summed E-state index contributed by atoms with van der Waals surface area (Å²) in [6.45, 7) is 5.65. The zero-order chi connectivity index (χ0) is 23.8. The van der Waals surface area contributed by atoms with Crippen LogP contribution in [-0.4, -0.2) is 42.5 Å². The van der Waals surface area contributed by atoms with Gasteiger partial charge in [0.1, 0.15) is 11.7 Å². The Balaban J connectivity index is 1.30. The summed E-state index contributed by atoms with van der Waals surface area (Å²) >= 11 is 0. The molecule has 0 spiro atoms. The molecule has 176 valence electrons. The Kier molecular flexibility index (Phi) is 6.32. The maximum absolute atomic E-state index is 12.9. The zero-order valence-electron chi connectivity index (χ0n) is 18.7. The molecule has 1 N–H and O–H groups in total. The number of nitrogens with one attached hydrogen (secondary N) is 1. The maximum Gasteiger partial charge on any atom is 0.417 e. The number of benzene rings is 1. The van der Waals surface area contributed by atoms with Crippen molar-refractivity contribution in [3.05, 3.63) is 53.2 Å². The minimum absolute atomic E-state index is 0.0772. The van der Waals surface area contributed by atoms with E-state index < -0.39 is 17.7 Å². The number of hydrogen-bond acceptors (Lipinski definition) is 4. The largest absolute Gasteiger partial charge is 0.417 e. The topological polar surface area (TPSA) is 65.5 Å². The highest BCUT2D eigenvalue weighted by Crippen LogP contribution is 2.30. The molecule has 9 heteroatoms. The molecule has 0 saturated carbocycles. The van der Waals surface area contributed by atoms with E-state index in [1.807, 2.05) is 36.9 Å². The average molecular weight is 461 g/mol. The Labute approximate surface area is 190 Å². The van der Waals surface area contributed by atoms with Gasteiger partial charge in [-0.15, -0.1) is 0 Å². The van der Waals surface area contributed by atoms with Crippen LogP contribution in [0.4, 0.5) is 24.7 Å². The summed E-state index contributed by atoms with van der Waals surface area (Å²) in [4.78, 5) is 33.2. The van der Waals surface area contributed by atoms with Gasteiger partial charge in [-0.25, -0.2) is 4.98 Å². The molecule has 6 nitrogen and oxygen atoms in total. The predicted molar refractivity (Wildman–Crippen MR) is 119 cm³/mol. The van der Waals surface area contributed by atoms with Crippen LogP contribution >= 0.6 is 0 Å². The molecule has 1 unspecified atom stereocenters. The Bertz CT molecular complexity index is 1030. The van der Waals surface area contributed by atoms with Crippen LogP contribution in [0.15, 0.2) is 36.5 Å². The molecule has 2 aliphatic rings. The highest BCUT2D eigenvalue weighted by molar-refractivity contribution is 6.09. The first kappa shape index (κ1) is 23.1. The van der Waals surface area contributed by atoms with E-state index in [4.69, 9.17) is 0 Å². The van der Waals surface area contributed by atoms with E-state index >= 15 is 0 Å². The summed E-state index contributed by atoms with van der Waals surface area (Å²) in [5.74, 6) is -0.636. The average Bonchev–Trinajstić information content (AvgIpc) is 3.17. The minimum atomic E-state index is -4.41. The van der Waals surface area contributed by atoms with Crippen molar-refractivity contribution in [3.8, 4) is 0 Å². The Morgan fingerprint density at radius 1 is 1.03 bits per heavy atom. The Morgan fingerprint density at radius 2 is 1.76 bits per heavy atom. The van der Waals surface area contributed by atoms with E-state index in [2.05, 4.69) is 10.3 Å². The quantitative estimate of drug-likeness (QED) is 0.704. The molecule has 1 aromatic heterocycles. The summed E-state index contributed by atoms with van der Waals surface area (Å²) in [5.41, 5.74) is 2.29. The molecule has 3 heterocycles. The predicted octanol–water partition coefficient (Wildman–Crippen LogP) is 3.86. The fraction of sp³-hybridized carbons (Fsp3) is 0.458. The van der Waals surface area contributed by atoms with Crippen LogP contribution in [0.2, 0.25) is 0 Å². The third-order valence-electron chi connectivity index (χ3n) is 6.56. The number of nitrogens with zero attached hydrogens (tertiary/aromatic N) is 3. The molecule has 4 rings (SSSR count). The Hall–Kier alpha value is -3.10. The van der Waals surface area contributed by atoms with Crippen LogP contribution in [0, 0.1) is 19.8 Å². The van der Waals surface area contributed by atoms with Crippen molar-refractivity contribution in [2.45, 2.75) is 45.3 Å². The lowest BCUT2D eigenvalue weighted by atomic mass is 10.0. The number of aromatic nitrogens is 1. The van der Waals surface area contributed by atoms with Crippen molar-refractivity contribution in [2.75, 3.05) is 29.4 Å². The van der Waals surface area contributed by atoms with Gasteiger partial charge in [-0.3, -0.25) is 9.59 Å². The molecule has 33 heavy (non-hydrogen) atoms. The number of hydrogen-bond donors (Lipinski definition) is 1. The number of carbonyl (C=O) groups excluding carboxylic acids is 2. The van der Waals surface area contributed by atoms with Crippen LogP contribution in [-0.2, 0) is 15.8 Å². The zero-order valence-corrected chi connectivity index (χ0v) is 18.7.